The Kier molecular flexibility index (Phi) is 4.30. The van der Waals surface area contributed by atoms with E-state index >= 15 is 0 Å². The third-order valence-corrected chi connectivity index (χ3v) is 6.71. The van der Waals surface area contributed by atoms with Gasteiger partial charge in [-0.25, -0.2) is 0 Å². The van der Waals surface area contributed by atoms with Crippen LogP contribution in [0.25, 0.3) is 0 Å². The van der Waals surface area contributed by atoms with Crippen molar-refractivity contribution in [1.29, 1.82) is 0 Å². The summed E-state index contributed by atoms with van der Waals surface area (Å²) in [6.07, 6.45) is -0.770. The van der Waals surface area contributed by atoms with Gasteiger partial charge in [0.05, 0.1) is 10.7 Å². The first-order chi connectivity index (χ1) is 17.7. The van der Waals surface area contributed by atoms with E-state index in [-0.39, 0.29) is 42.0 Å². The van der Waals surface area contributed by atoms with Gasteiger partial charge in [-0.2, -0.15) is 0 Å². The molecule has 3 aromatic carbocycles. The second-order valence-corrected chi connectivity index (χ2v) is 8.46. The summed E-state index contributed by atoms with van der Waals surface area (Å²) in [5.41, 5.74) is 7.35. The average molecular weight is 432 g/mol. The SMILES string of the molecule is [2H]c1c([2H])c2c(c([2H])c1CCN1CC[C@@H](C(C(N)=O)(c3ccccc3)c3ccccc3)C1)C([2H])([2H])CO2. The predicted octanol–water partition coefficient (Wildman–Crippen LogP) is 3.96. The lowest BCUT2D eigenvalue weighted by Gasteiger charge is -2.37. The molecule has 0 radical (unpaired) electrons. The molecule has 0 unspecified atom stereocenters. The average Bonchev–Trinajstić information content (AvgIpc) is 3.48. The zero-order chi connectivity index (χ0) is 26.4. The van der Waals surface area contributed by atoms with Gasteiger partial charge in [0.2, 0.25) is 5.91 Å². The minimum atomic E-state index is -1.85. The van der Waals surface area contributed by atoms with Gasteiger partial charge in [-0.3, -0.25) is 4.79 Å². The van der Waals surface area contributed by atoms with Crippen LogP contribution in [0.5, 0.6) is 5.75 Å². The summed E-state index contributed by atoms with van der Waals surface area (Å²) in [4.78, 5) is 15.5. The molecule has 2 N–H and O–H groups in total. The summed E-state index contributed by atoms with van der Waals surface area (Å²) < 4.78 is 47.1. The van der Waals surface area contributed by atoms with E-state index in [0.29, 0.717) is 25.1 Å². The summed E-state index contributed by atoms with van der Waals surface area (Å²) in [7, 11) is 0. The number of amides is 1. The maximum atomic E-state index is 13.3. The van der Waals surface area contributed by atoms with Gasteiger partial charge in [-0.05, 0) is 53.6 Å². The molecular formula is C28H30N2O2. The second-order valence-electron chi connectivity index (χ2n) is 8.46. The van der Waals surface area contributed by atoms with Crippen LogP contribution in [0.3, 0.4) is 0 Å². The molecule has 1 saturated heterocycles. The molecule has 4 nitrogen and oxygen atoms in total. The minimum Gasteiger partial charge on any atom is -0.493 e. The van der Waals surface area contributed by atoms with Crippen LogP contribution in [0.15, 0.2) is 78.8 Å². The highest BCUT2D eigenvalue weighted by Gasteiger charge is 2.49. The highest BCUT2D eigenvalue weighted by atomic mass is 16.5. The monoisotopic (exact) mass is 431 g/mol. The van der Waals surface area contributed by atoms with Crippen molar-refractivity contribution in [3.63, 3.8) is 0 Å². The highest BCUT2D eigenvalue weighted by molar-refractivity contribution is 5.91. The van der Waals surface area contributed by atoms with Crippen LogP contribution in [0, 0.1) is 5.92 Å². The third-order valence-electron chi connectivity index (χ3n) is 6.71. The highest BCUT2D eigenvalue weighted by Crippen LogP contribution is 2.43. The van der Waals surface area contributed by atoms with Gasteiger partial charge in [0.25, 0.3) is 0 Å². The summed E-state index contributed by atoms with van der Waals surface area (Å²) in [6, 6.07) is 19.0. The van der Waals surface area contributed by atoms with Crippen molar-refractivity contribution in [3.8, 4) is 5.75 Å². The van der Waals surface area contributed by atoms with Crippen LogP contribution in [-0.4, -0.2) is 37.0 Å². The predicted molar refractivity (Wildman–Crippen MR) is 127 cm³/mol. The van der Waals surface area contributed by atoms with E-state index in [1.807, 2.05) is 60.7 Å². The fourth-order valence-corrected chi connectivity index (χ4v) is 5.16. The zero-order valence-corrected chi connectivity index (χ0v) is 17.9. The lowest BCUT2D eigenvalue weighted by Crippen LogP contribution is -2.49. The van der Waals surface area contributed by atoms with E-state index in [2.05, 4.69) is 4.90 Å². The van der Waals surface area contributed by atoms with Crippen molar-refractivity contribution in [1.82, 2.24) is 4.90 Å². The number of fused-ring (bicyclic) bond motifs is 1. The maximum Gasteiger partial charge on any atom is 0.232 e. The third kappa shape index (κ3) is 3.69. The van der Waals surface area contributed by atoms with Gasteiger partial charge < -0.3 is 15.4 Å². The molecule has 2 aliphatic rings. The van der Waals surface area contributed by atoms with E-state index in [9.17, 15) is 4.79 Å². The Balaban J connectivity index is 1.43. The molecule has 164 valence electrons. The molecule has 2 heterocycles. The molecule has 5 rings (SSSR count). The van der Waals surface area contributed by atoms with Gasteiger partial charge in [0.1, 0.15) is 11.2 Å². The normalized spacial score (nSPS) is 22.1. The number of carbonyl (C=O) groups is 1. The number of hydrogen-bond acceptors (Lipinski definition) is 3. The lowest BCUT2D eigenvalue weighted by molar-refractivity contribution is -0.123. The number of nitrogens with zero attached hydrogens (tertiary/aromatic N) is 1. The number of likely N-dealkylation sites (tertiary alicyclic amines) is 1. The Labute approximate surface area is 197 Å². The minimum absolute atomic E-state index is 0.0157. The van der Waals surface area contributed by atoms with E-state index in [1.165, 1.54) is 0 Å². The number of primary amides is 1. The van der Waals surface area contributed by atoms with Gasteiger partial charge in [0, 0.05) is 22.2 Å². The first-order valence-electron chi connectivity index (χ1n) is 13.6. The number of ether oxygens (including phenoxy) is 1. The van der Waals surface area contributed by atoms with Crippen LogP contribution in [0.1, 0.15) is 35.5 Å². The summed E-state index contributed by atoms with van der Waals surface area (Å²) in [5.74, 6) is -0.449. The van der Waals surface area contributed by atoms with Crippen molar-refractivity contribution in [2.24, 2.45) is 11.7 Å². The van der Waals surface area contributed by atoms with Crippen molar-refractivity contribution < 1.29 is 16.4 Å². The van der Waals surface area contributed by atoms with Crippen LogP contribution in [0.2, 0.25) is 0 Å². The van der Waals surface area contributed by atoms with Crippen molar-refractivity contribution in [3.05, 3.63) is 101 Å². The number of hydrogen-bond donors (Lipinski definition) is 1. The van der Waals surface area contributed by atoms with Crippen molar-refractivity contribution in [2.45, 2.75) is 24.6 Å². The standard InChI is InChI=1S/C28H30N2O2/c29-27(31)28(23-7-3-1-4-8-23,24-9-5-2-6-10-24)25-14-17-30(20-25)16-13-21-11-12-26-22(19-21)15-18-32-26/h1-12,19,25H,13-18,20H2,(H2,29,31)/t25-/m1/s1/i11D,12D,15D2,19D. The van der Waals surface area contributed by atoms with Crippen LogP contribution < -0.4 is 10.5 Å². The lowest BCUT2D eigenvalue weighted by atomic mass is 9.64. The zero-order valence-electron chi connectivity index (χ0n) is 22.9. The maximum absolute atomic E-state index is 13.3. The molecule has 1 atom stereocenters. The van der Waals surface area contributed by atoms with Crippen LogP contribution >= 0.6 is 0 Å². The van der Waals surface area contributed by atoms with E-state index in [0.717, 1.165) is 24.1 Å². The Morgan fingerprint density at radius 1 is 1.12 bits per heavy atom. The quantitative estimate of drug-likeness (QED) is 0.616. The van der Waals surface area contributed by atoms with Gasteiger partial charge in [0.15, 0.2) is 0 Å². The van der Waals surface area contributed by atoms with Crippen LogP contribution in [-0.2, 0) is 23.0 Å². The van der Waals surface area contributed by atoms with Gasteiger partial charge in [-0.1, -0.05) is 72.7 Å². The number of carbonyl (C=O) groups excluding carboxylic acids is 1. The topological polar surface area (TPSA) is 55.6 Å². The van der Waals surface area contributed by atoms with E-state index in [1.54, 1.807) is 0 Å². The molecule has 0 saturated carbocycles. The Hall–Kier alpha value is -3.11. The first kappa shape index (κ1) is 15.7. The number of benzene rings is 3. The summed E-state index contributed by atoms with van der Waals surface area (Å²) in [5, 5.41) is 0. The van der Waals surface area contributed by atoms with Gasteiger partial charge in [-0.15, -0.1) is 0 Å². The van der Waals surface area contributed by atoms with Crippen molar-refractivity contribution >= 4 is 5.91 Å². The Morgan fingerprint density at radius 3 is 2.47 bits per heavy atom. The first-order valence-corrected chi connectivity index (χ1v) is 11.1. The van der Waals surface area contributed by atoms with Crippen molar-refractivity contribution in [2.75, 3.05) is 26.2 Å². The van der Waals surface area contributed by atoms with Gasteiger partial charge >= 0.3 is 0 Å². The molecule has 1 fully saturated rings. The number of rotatable bonds is 7. The van der Waals surface area contributed by atoms with E-state index < -0.39 is 17.7 Å². The molecular weight excluding hydrogens is 396 g/mol. The molecule has 0 aliphatic carbocycles. The molecule has 0 bridgehead atoms. The molecule has 0 spiro atoms. The molecule has 4 heteroatoms. The number of nitrogens with two attached hydrogens (primary N) is 1. The summed E-state index contributed by atoms with van der Waals surface area (Å²) in [6.45, 7) is 1.61. The Morgan fingerprint density at radius 2 is 1.81 bits per heavy atom. The fraction of sp³-hybridized carbons (Fsp3) is 0.321. The molecule has 32 heavy (non-hydrogen) atoms. The largest absolute Gasteiger partial charge is 0.493 e. The smallest absolute Gasteiger partial charge is 0.232 e. The molecule has 2 aliphatic heterocycles. The van der Waals surface area contributed by atoms with Crippen LogP contribution in [0.4, 0.5) is 0 Å². The molecule has 3 aromatic rings. The Bertz CT molecular complexity index is 1280. The second kappa shape index (κ2) is 8.79. The van der Waals surface area contributed by atoms with E-state index in [4.69, 9.17) is 17.3 Å². The molecule has 1 amide bonds. The molecule has 0 aromatic heterocycles. The summed E-state index contributed by atoms with van der Waals surface area (Å²) >= 11 is 0. The fourth-order valence-electron chi connectivity index (χ4n) is 5.16.